The molecule has 0 saturated heterocycles. The molecule has 5 amide bonds. The van der Waals surface area contributed by atoms with E-state index in [1.54, 1.807) is 104 Å². The van der Waals surface area contributed by atoms with Gasteiger partial charge in [0.2, 0.25) is 29.5 Å². The lowest BCUT2D eigenvalue weighted by atomic mass is 10.1. The normalized spacial score (nSPS) is 22.9. The van der Waals surface area contributed by atoms with Gasteiger partial charge >= 0.3 is 11.9 Å². The summed E-state index contributed by atoms with van der Waals surface area (Å²) in [4.78, 5) is 101. The number of pyridine rings is 4. The predicted octanol–water partition coefficient (Wildman–Crippen LogP) is 14.3. The van der Waals surface area contributed by atoms with E-state index < -0.39 is 34.9 Å². The van der Waals surface area contributed by atoms with Crippen LogP contribution in [0.25, 0.3) is 10.4 Å². The van der Waals surface area contributed by atoms with E-state index in [0.717, 1.165) is 73.3 Å². The zero-order chi connectivity index (χ0) is 91.1. The van der Waals surface area contributed by atoms with Gasteiger partial charge < -0.3 is 79.8 Å². The number of anilines is 4. The molecule has 0 spiro atoms. The first kappa shape index (κ1) is 85.9. The Morgan fingerprint density at radius 3 is 1.11 bits per heavy atom. The summed E-state index contributed by atoms with van der Waals surface area (Å²) in [6, 6.07) is 29.8. The van der Waals surface area contributed by atoms with Gasteiger partial charge in [0.25, 0.3) is 0 Å². The van der Waals surface area contributed by atoms with Crippen molar-refractivity contribution in [2.75, 3.05) is 49.5 Å². The second-order valence-electron chi connectivity index (χ2n) is 31.2. The maximum absolute atomic E-state index is 12.2. The Hall–Kier alpha value is -9.64. The van der Waals surface area contributed by atoms with Crippen molar-refractivity contribution in [1.82, 2.24) is 34.0 Å². The predicted molar refractivity (Wildman–Crippen MR) is 484 cm³/mol. The number of fused-ring (bicyclic) bond motifs is 16. The van der Waals surface area contributed by atoms with Gasteiger partial charge in [0.15, 0.2) is 0 Å². The minimum absolute atomic E-state index is 0.00871. The van der Waals surface area contributed by atoms with Crippen LogP contribution in [0.1, 0.15) is 142 Å². The Balaban J connectivity index is 0.000000142. The van der Waals surface area contributed by atoms with Crippen molar-refractivity contribution in [3.05, 3.63) is 177 Å². The minimum atomic E-state index is -0.828. The van der Waals surface area contributed by atoms with Crippen molar-refractivity contribution in [2.24, 2.45) is 28.6 Å². The molecule has 4 aliphatic carbocycles. The SMILES string of the molecule is CC(C)(C)O.CC(C)(C)OC(=O)C[C@@H]1C2Oc3ccc(Oc4ccnc5c4CCC(=O)N5)cc3[C@H]21.N[C@@H]1C2Oc3ccc(Oc4ccnc5c4CCC(=O)N5)cc3[C@H]21.O=C1CCc2c(Oc3ccc4c(c3)[C@@H]3C(O4)[C@H]3C(=O)O)ccnc2N1.[3H]N(C)I.[3H]N(C)I.[3H]N(C)I.[3H]N(C)I.[N-]=[N+]=NC(=O)[C@@H]1C2Oc3ccc(Oc4ccnc5c4CCC(=O)N5)cc3[C@H]21. The summed E-state index contributed by atoms with van der Waals surface area (Å²) in [5.41, 5.74) is 20.9. The van der Waals surface area contributed by atoms with Gasteiger partial charge in [-0.15, -0.1) is 0 Å². The molecule has 12 aliphatic rings. The number of hydrogen-bond donors (Lipinski definition) is 11. The van der Waals surface area contributed by atoms with Crippen LogP contribution >= 0.6 is 91.5 Å². The van der Waals surface area contributed by atoms with Gasteiger partial charge in [0.05, 0.1) is 24.0 Å². The summed E-state index contributed by atoms with van der Waals surface area (Å²) in [5, 5.41) is 31.9. The van der Waals surface area contributed by atoms with Crippen molar-refractivity contribution >= 4 is 156 Å². The number of hydrogen-bond acceptors (Lipinski definition) is 26. The van der Waals surface area contributed by atoms with E-state index in [1.165, 1.54) is 14.1 Å². The molecule has 38 heteroatoms. The summed E-state index contributed by atoms with van der Waals surface area (Å²) in [7, 11) is 6.61. The van der Waals surface area contributed by atoms with E-state index in [2.05, 4.69) is 51.2 Å². The lowest BCUT2D eigenvalue weighted by molar-refractivity contribution is -0.155. The number of aliphatic hydroxyl groups is 1. The lowest BCUT2D eigenvalue weighted by Gasteiger charge is -2.20. The fourth-order valence-electron chi connectivity index (χ4n) is 15.2. The molecule has 0 bridgehead atoms. The number of nitrogens with two attached hydrogens (primary N) is 1. The fraction of sp³-hybridized carbons (Fsp3) is 0.393. The molecule has 34 nitrogen and oxygen atoms in total. The summed E-state index contributed by atoms with van der Waals surface area (Å²) in [6.07, 6.45) is 10.5. The number of aromatic nitrogens is 4. The maximum Gasteiger partial charge on any atom is 0.311 e. The molecule has 4 saturated carbocycles. The highest BCUT2D eigenvalue weighted by Gasteiger charge is 2.64. The number of aliphatic carboxylic acids is 1. The van der Waals surface area contributed by atoms with Gasteiger partial charge in [0.1, 0.15) is 134 Å². The number of esters is 1. The molecule has 12 N–H and O–H groups in total. The highest BCUT2D eigenvalue weighted by atomic mass is 127. The van der Waals surface area contributed by atoms with Crippen LogP contribution in [0, 0.1) is 17.8 Å². The molecule has 4 fully saturated rings. The number of azide groups is 1. The van der Waals surface area contributed by atoms with E-state index in [9.17, 15) is 38.7 Å². The molecular weight excluding hydrogens is 2030 g/mol. The van der Waals surface area contributed by atoms with Gasteiger partial charge in [-0.3, -0.25) is 47.7 Å². The van der Waals surface area contributed by atoms with E-state index in [4.69, 9.17) is 64.7 Å². The van der Waals surface area contributed by atoms with Crippen molar-refractivity contribution in [3.8, 4) is 69.0 Å². The van der Waals surface area contributed by atoms with E-state index in [0.29, 0.717) is 127 Å². The first-order valence-corrected chi connectivity index (χ1v) is 42.6. The quantitative estimate of drug-likeness (QED) is 0.0135. The second kappa shape index (κ2) is 40.3. The Bertz CT molecular complexity index is 5460. The van der Waals surface area contributed by atoms with E-state index in [1.807, 2.05) is 179 Å². The largest absolute Gasteiger partial charge is 0.489 e. The number of rotatable bonds is 12. The summed E-state index contributed by atoms with van der Waals surface area (Å²) in [6.45, 7) is 10.8. The molecule has 8 aliphatic heterocycles. The van der Waals surface area contributed by atoms with Gasteiger partial charge in [-0.1, -0.05) is 0 Å². The molecule has 122 heavy (non-hydrogen) atoms. The number of amides is 5. The summed E-state index contributed by atoms with van der Waals surface area (Å²) < 4.78 is 83.4. The van der Waals surface area contributed by atoms with Gasteiger partial charge in [0, 0.05) is 221 Å². The molecule has 12 atom stereocenters. The van der Waals surface area contributed by atoms with Gasteiger partial charge in [-0.05, 0) is 203 Å². The maximum atomic E-state index is 12.2. The third-order valence-corrected chi connectivity index (χ3v) is 20.4. The van der Waals surface area contributed by atoms with Gasteiger partial charge in [-0.25, -0.2) is 19.9 Å². The average molecular weight is 2130 g/mol. The number of carbonyl (C=O) groups excluding carboxylic acids is 6. The van der Waals surface area contributed by atoms with Crippen LogP contribution in [0.15, 0.2) is 127 Å². The van der Waals surface area contributed by atoms with Crippen LogP contribution in [-0.4, -0.2) is 141 Å². The smallest absolute Gasteiger partial charge is 0.311 e. The molecule has 4 unspecified atom stereocenters. The summed E-state index contributed by atoms with van der Waals surface area (Å²) >= 11 is 7.37. The van der Waals surface area contributed by atoms with Crippen LogP contribution in [0.5, 0.6) is 69.0 Å². The topological polar surface area (TPSA) is 466 Å². The number of carboxylic acids is 1. The number of benzene rings is 4. The standard InChI is InChI=1S/C23H24N2O5.C18H13N5O4.C18H14N2O5.C17H15N3O3.C4H10O.4CH4IN/c1-23(2,3)30-19(27)11-15-20-14-10-12(4-6-16(14)29-21(15)20)28-17-8-9-24-22-13(17)5-7-18(26)25-22;19-23-22-18(25)15-14-10-7-8(1-3-11(10)27-16(14)15)26-12-5-6-20-17-9(12)2-4-13(24)21-17;21-13-4-2-9-12(5-6-19-17(9)20-13)24-8-1-3-11-10(7-8)14-15(18(22)23)16(14)25-11;18-15-14-10-7-8(1-3-11(10)23-16(14)15)22-12-5-6-19-17-9(12)2-4-13(21)20-17;1-4(2,3)5;4*1-3-2/h4,6,8-10,15,20-21H,5,7,11H2,1-3H3,(H,24,25,26);1,3,5-7,14-16H,2,4H2,(H,20,21,24);1,3,5-7,14-16H,2,4H2,(H,22,23)(H,19,20,21);1,3,5-7,14-16H,2,4,18H2,(H,19,20,21);5H,1-3H3;4*3H,1H3/t15-,20-,21?;3*14-,15-,16?;;;;;/m0000...../s1/i/hT4. The molecule has 0 radical (unpaired) electrons. The molecule has 4 aromatic carbocycles. The molecule has 12 heterocycles. The average Bonchev–Trinajstić information content (AvgIpc) is 1.57. The zero-order valence-corrected chi connectivity index (χ0v) is 76.4. The van der Waals surface area contributed by atoms with Crippen molar-refractivity contribution < 1.29 is 92.1 Å². The van der Waals surface area contributed by atoms with Crippen LogP contribution < -0.4 is 79.0 Å². The number of carboxylic acid groups (broad SMARTS) is 1. The number of ether oxygens (including phenoxy) is 9. The monoisotopic (exact) mass is 2130 g/mol. The van der Waals surface area contributed by atoms with Crippen molar-refractivity contribution in [1.29, 1.82) is 0 Å². The lowest BCUT2D eigenvalue weighted by Crippen LogP contribution is -2.24. The Morgan fingerprint density at radius 2 is 0.795 bits per heavy atom. The molecule has 644 valence electrons. The highest BCUT2D eigenvalue weighted by Crippen LogP contribution is 2.63. The number of nitrogens with zero attached hydrogens (tertiary/aromatic N) is 7. The number of carbonyl (C=O) groups is 7. The second-order valence-corrected chi connectivity index (χ2v) is 35.0. The van der Waals surface area contributed by atoms with Crippen molar-refractivity contribution in [3.63, 3.8) is 0 Å². The first-order valence-electron chi connectivity index (χ1n) is 40.6. The number of nitrogens with one attached hydrogen (secondary N) is 8. The summed E-state index contributed by atoms with van der Waals surface area (Å²) in [5.74, 6) is 8.64. The third-order valence-electron chi connectivity index (χ3n) is 20.4. The Labute approximate surface area is 764 Å². The van der Waals surface area contributed by atoms with Gasteiger partial charge in [-0.2, -0.15) is 0 Å². The highest BCUT2D eigenvalue weighted by molar-refractivity contribution is 14.1. The fourth-order valence-corrected chi connectivity index (χ4v) is 15.2. The molecule has 20 rings (SSSR count). The van der Waals surface area contributed by atoms with Crippen molar-refractivity contribution in [2.45, 2.75) is 165 Å². The van der Waals surface area contributed by atoms with Crippen LogP contribution in [0.2, 0.25) is 5.65 Å². The van der Waals surface area contributed by atoms with E-state index >= 15 is 0 Å². The Kier molecular flexibility index (Phi) is 28.4. The zero-order valence-electron chi connectivity index (χ0n) is 71.8. The van der Waals surface area contributed by atoms with E-state index in [-0.39, 0.29) is 83.7 Å². The first-order chi connectivity index (χ1) is 59.7. The molecule has 8 aromatic rings. The van der Waals surface area contributed by atoms with Crippen LogP contribution in [0.4, 0.5) is 23.3 Å². The van der Waals surface area contributed by atoms with Crippen LogP contribution in [0.3, 0.4) is 0 Å². The number of halogens is 4. The third kappa shape index (κ3) is 22.5. The molecular formula is C84H92I4N16O18. The minimum Gasteiger partial charge on any atom is -0.489 e. The Morgan fingerprint density at radius 1 is 0.500 bits per heavy atom. The molecule has 4 aromatic heterocycles. The van der Waals surface area contributed by atoms with Crippen LogP contribution in [-0.2, 0) is 64.0 Å².